The first kappa shape index (κ1) is 13.9. The maximum atomic E-state index is 4.59. The summed E-state index contributed by atoms with van der Waals surface area (Å²) in [5.74, 6) is 1.78. The van der Waals surface area contributed by atoms with Crippen molar-refractivity contribution in [2.75, 3.05) is 0 Å². The lowest BCUT2D eigenvalue weighted by atomic mass is 9.93. The first-order chi connectivity index (χ1) is 7.64. The van der Waals surface area contributed by atoms with Gasteiger partial charge >= 0.3 is 0 Å². The van der Waals surface area contributed by atoms with E-state index in [1.54, 1.807) is 0 Å². The van der Waals surface area contributed by atoms with Crippen LogP contribution in [0.25, 0.3) is 0 Å². The van der Waals surface area contributed by atoms with E-state index >= 15 is 0 Å². The number of aromatic nitrogens is 3. The smallest absolute Gasteiger partial charge is 0.217 e. The predicted molar refractivity (Wildman–Crippen MR) is 71.9 cm³/mol. The minimum Gasteiger partial charge on any atom is -0.217 e. The maximum Gasteiger partial charge on any atom is 0.262 e. The van der Waals surface area contributed by atoms with E-state index in [0.717, 1.165) is 11.6 Å². The number of aliphatic imine (C=N–C) groups is 1. The van der Waals surface area contributed by atoms with Crippen LogP contribution in [0.15, 0.2) is 4.99 Å². The van der Waals surface area contributed by atoms with Gasteiger partial charge in [0.15, 0.2) is 0 Å². The number of hydrogen-bond donors (Lipinski definition) is 0. The van der Waals surface area contributed by atoms with Gasteiger partial charge in [0.05, 0.1) is 5.16 Å². The van der Waals surface area contributed by atoms with Crippen molar-refractivity contribution >= 4 is 23.3 Å². The Morgan fingerprint density at radius 2 is 1.29 bits per heavy atom. The average molecular weight is 250 g/mol. The predicted octanol–water partition coefficient (Wildman–Crippen LogP) is 3.20. The molecule has 0 aliphatic carbocycles. The summed E-state index contributed by atoms with van der Waals surface area (Å²) < 4.78 is 0. The number of nitrogens with zero attached hydrogens (tertiary/aromatic N) is 4. The summed E-state index contributed by atoms with van der Waals surface area (Å²) >= 11 is 4.59. The molecule has 0 aromatic carbocycles. The molecule has 0 atom stereocenters. The molecule has 92 valence electrons. The van der Waals surface area contributed by atoms with Crippen LogP contribution in [0.3, 0.4) is 0 Å². The van der Waals surface area contributed by atoms with E-state index in [1.807, 2.05) is 0 Å². The van der Waals surface area contributed by atoms with Gasteiger partial charge in [0.2, 0.25) is 0 Å². The Morgan fingerprint density at radius 3 is 1.59 bits per heavy atom. The zero-order valence-corrected chi connectivity index (χ0v) is 12.0. The lowest BCUT2D eigenvalue weighted by Gasteiger charge is -2.21. The van der Waals surface area contributed by atoms with E-state index in [9.17, 15) is 0 Å². The fraction of sp³-hybridized carbons (Fsp3) is 0.667. The molecule has 0 radical (unpaired) electrons. The second kappa shape index (κ2) is 4.59. The third-order valence-corrected chi connectivity index (χ3v) is 2.20. The highest BCUT2D eigenvalue weighted by molar-refractivity contribution is 7.78. The fourth-order valence-corrected chi connectivity index (χ4v) is 1.21. The maximum absolute atomic E-state index is 4.59. The molecule has 0 saturated carbocycles. The topological polar surface area (TPSA) is 51.0 Å². The van der Waals surface area contributed by atoms with Gasteiger partial charge in [0.25, 0.3) is 5.95 Å². The van der Waals surface area contributed by atoms with Crippen LogP contribution < -0.4 is 0 Å². The molecule has 1 aromatic heterocycles. The number of isothiocyanates is 1. The third-order valence-electron chi connectivity index (χ3n) is 2.11. The minimum atomic E-state index is -0.144. The summed E-state index contributed by atoms with van der Waals surface area (Å²) in [5, 5.41) is 2.30. The number of hydrogen-bond acceptors (Lipinski definition) is 5. The van der Waals surface area contributed by atoms with Crippen LogP contribution in [0.5, 0.6) is 0 Å². The van der Waals surface area contributed by atoms with Crippen LogP contribution in [0.2, 0.25) is 0 Å². The number of rotatable bonds is 1. The Kier molecular flexibility index (Phi) is 3.74. The van der Waals surface area contributed by atoms with E-state index in [0.29, 0.717) is 5.95 Å². The molecule has 0 aliphatic rings. The molecule has 17 heavy (non-hydrogen) atoms. The van der Waals surface area contributed by atoms with E-state index in [1.165, 1.54) is 0 Å². The Morgan fingerprint density at radius 1 is 0.882 bits per heavy atom. The molecule has 0 fully saturated rings. The van der Waals surface area contributed by atoms with Crippen molar-refractivity contribution in [3.63, 3.8) is 0 Å². The van der Waals surface area contributed by atoms with Crippen LogP contribution >= 0.6 is 12.2 Å². The molecule has 0 amide bonds. The van der Waals surface area contributed by atoms with Gasteiger partial charge in [-0.2, -0.15) is 15.0 Å². The summed E-state index contributed by atoms with van der Waals surface area (Å²) in [6.45, 7) is 12.3. The summed E-state index contributed by atoms with van der Waals surface area (Å²) in [6.07, 6.45) is 0. The Balaban J connectivity index is 3.44. The van der Waals surface area contributed by atoms with Crippen molar-refractivity contribution in [1.29, 1.82) is 0 Å². The summed E-state index contributed by atoms with van der Waals surface area (Å²) in [5.41, 5.74) is -0.288. The lowest BCUT2D eigenvalue weighted by molar-refractivity contribution is 0.497. The zero-order chi connectivity index (χ0) is 13.3. The first-order valence-electron chi connectivity index (χ1n) is 5.49. The van der Waals surface area contributed by atoms with Crippen molar-refractivity contribution in [2.45, 2.75) is 52.4 Å². The molecule has 4 nitrogen and oxygen atoms in total. The Labute approximate surface area is 108 Å². The van der Waals surface area contributed by atoms with Crippen molar-refractivity contribution in [3.05, 3.63) is 11.6 Å². The average Bonchev–Trinajstić information content (AvgIpc) is 2.15. The molecule has 0 aliphatic heterocycles. The van der Waals surface area contributed by atoms with Crippen LogP contribution in [0.1, 0.15) is 53.2 Å². The van der Waals surface area contributed by atoms with Crippen molar-refractivity contribution in [1.82, 2.24) is 15.0 Å². The molecule has 1 aromatic rings. The van der Waals surface area contributed by atoms with E-state index in [-0.39, 0.29) is 10.8 Å². The van der Waals surface area contributed by atoms with Crippen LogP contribution in [0, 0.1) is 0 Å². The van der Waals surface area contributed by atoms with Gasteiger partial charge in [0, 0.05) is 10.8 Å². The molecule has 0 bridgehead atoms. The van der Waals surface area contributed by atoms with E-state index in [2.05, 4.69) is 78.9 Å². The van der Waals surface area contributed by atoms with Crippen LogP contribution in [0.4, 0.5) is 5.95 Å². The van der Waals surface area contributed by atoms with Gasteiger partial charge in [-0.25, -0.2) is 4.98 Å². The molecule has 0 spiro atoms. The van der Waals surface area contributed by atoms with Gasteiger partial charge in [-0.05, 0) is 12.2 Å². The lowest BCUT2D eigenvalue weighted by Crippen LogP contribution is -2.23. The third kappa shape index (κ3) is 3.65. The second-order valence-electron chi connectivity index (χ2n) is 5.99. The molecule has 0 unspecified atom stereocenters. The van der Waals surface area contributed by atoms with Gasteiger partial charge in [0.1, 0.15) is 11.6 Å². The SMILES string of the molecule is CC(C)(C)c1nc(N=C=S)nc(C(C)(C)C)n1. The van der Waals surface area contributed by atoms with Gasteiger partial charge in [-0.15, -0.1) is 0 Å². The molecule has 1 heterocycles. The van der Waals surface area contributed by atoms with Gasteiger partial charge in [-0.1, -0.05) is 41.5 Å². The highest BCUT2D eigenvalue weighted by atomic mass is 32.1. The van der Waals surface area contributed by atoms with E-state index in [4.69, 9.17) is 0 Å². The molecule has 0 saturated heterocycles. The van der Waals surface area contributed by atoms with Gasteiger partial charge < -0.3 is 0 Å². The fourth-order valence-electron chi connectivity index (χ4n) is 1.13. The summed E-state index contributed by atoms with van der Waals surface area (Å²) in [6, 6.07) is 0. The molecule has 1 rings (SSSR count). The van der Waals surface area contributed by atoms with Crippen molar-refractivity contribution in [2.24, 2.45) is 4.99 Å². The zero-order valence-electron chi connectivity index (χ0n) is 11.2. The monoisotopic (exact) mass is 250 g/mol. The molecule has 5 heteroatoms. The quantitative estimate of drug-likeness (QED) is 0.567. The van der Waals surface area contributed by atoms with Crippen molar-refractivity contribution < 1.29 is 0 Å². The van der Waals surface area contributed by atoms with Crippen LogP contribution in [-0.4, -0.2) is 20.1 Å². The molecular weight excluding hydrogens is 232 g/mol. The largest absolute Gasteiger partial charge is 0.262 e. The van der Waals surface area contributed by atoms with E-state index < -0.39 is 0 Å². The molecule has 0 N–H and O–H groups in total. The Bertz CT molecular complexity index is 430. The number of thiocarbonyl (C=S) groups is 1. The second-order valence-corrected chi connectivity index (χ2v) is 6.17. The standard InChI is InChI=1S/C12H18N4S/c1-11(2,3)8-14-9(12(4,5)6)16-10(15-8)13-7-17/h1-6H3. The summed E-state index contributed by atoms with van der Waals surface area (Å²) in [4.78, 5) is 17.0. The van der Waals surface area contributed by atoms with Crippen molar-refractivity contribution in [3.8, 4) is 0 Å². The molecular formula is C12H18N4S. The van der Waals surface area contributed by atoms with Gasteiger partial charge in [-0.3, -0.25) is 0 Å². The minimum absolute atomic E-state index is 0.144. The summed E-state index contributed by atoms with van der Waals surface area (Å²) in [7, 11) is 0. The van der Waals surface area contributed by atoms with Crippen LogP contribution in [-0.2, 0) is 10.8 Å². The highest BCUT2D eigenvalue weighted by Crippen LogP contribution is 2.24. The first-order valence-corrected chi connectivity index (χ1v) is 5.90. The Hall–Kier alpha value is -1.19. The normalized spacial score (nSPS) is 12.1. The highest BCUT2D eigenvalue weighted by Gasteiger charge is 2.24.